The van der Waals surface area contributed by atoms with E-state index in [0.29, 0.717) is 5.75 Å². The normalized spacial score (nSPS) is 10.6. The molecule has 0 spiro atoms. The predicted octanol–water partition coefficient (Wildman–Crippen LogP) is 2.31. The van der Waals surface area contributed by atoms with Crippen LogP contribution in [0.2, 0.25) is 0 Å². The zero-order chi connectivity index (χ0) is 8.48. The van der Waals surface area contributed by atoms with Crippen molar-refractivity contribution in [1.82, 2.24) is 0 Å². The third-order valence-electron chi connectivity index (χ3n) is 1.71. The van der Waals surface area contributed by atoms with Gasteiger partial charge in [-0.25, -0.2) is 0 Å². The standard InChI is InChI=1S/C10H14O.K/c1-10(2,3)8-6-4-5-7-9(8)11;/h4-7,11H,1-3H3;. The molecule has 0 fully saturated rings. The number of hydrogen-bond acceptors (Lipinski definition) is 1. The summed E-state index contributed by atoms with van der Waals surface area (Å²) in [6.45, 7) is 6.26. The average Bonchev–Trinajstić information content (AvgIpc) is 1.86. The Labute approximate surface area is 117 Å². The molecule has 0 aromatic heterocycles. The van der Waals surface area contributed by atoms with E-state index in [4.69, 9.17) is 0 Å². The van der Waals surface area contributed by atoms with Gasteiger partial charge in [0.05, 0.1) is 0 Å². The third-order valence-corrected chi connectivity index (χ3v) is 1.71. The number of phenolic OH excluding ortho intramolecular Hbond substituents is 1. The summed E-state index contributed by atoms with van der Waals surface area (Å²) in [5, 5.41) is 9.45. The molecular weight excluding hydrogens is 175 g/mol. The van der Waals surface area contributed by atoms with Gasteiger partial charge in [-0.05, 0) is 17.0 Å². The quantitative estimate of drug-likeness (QED) is 0.621. The van der Waals surface area contributed by atoms with Crippen LogP contribution in [-0.2, 0) is 5.41 Å². The van der Waals surface area contributed by atoms with Crippen LogP contribution in [0.3, 0.4) is 0 Å². The third kappa shape index (κ3) is 3.19. The molecule has 0 bridgehead atoms. The van der Waals surface area contributed by atoms with Crippen molar-refractivity contribution in [2.45, 2.75) is 26.2 Å². The van der Waals surface area contributed by atoms with Gasteiger partial charge < -0.3 is 5.11 Å². The molecule has 12 heavy (non-hydrogen) atoms. The molecule has 0 aliphatic heterocycles. The van der Waals surface area contributed by atoms with Gasteiger partial charge in [0.2, 0.25) is 0 Å². The van der Waals surface area contributed by atoms with E-state index >= 15 is 0 Å². The molecule has 0 saturated heterocycles. The fourth-order valence-electron chi connectivity index (χ4n) is 1.11. The van der Waals surface area contributed by atoms with Crippen LogP contribution in [0, 0.1) is 0 Å². The Morgan fingerprint density at radius 2 is 1.58 bits per heavy atom. The topological polar surface area (TPSA) is 20.2 Å². The molecule has 0 aliphatic rings. The van der Waals surface area contributed by atoms with Gasteiger partial charge in [-0.1, -0.05) is 39.0 Å². The van der Waals surface area contributed by atoms with E-state index in [-0.39, 0.29) is 56.8 Å². The average molecular weight is 189 g/mol. The zero-order valence-corrected chi connectivity index (χ0v) is 11.4. The Bertz CT molecular complexity index is 250. The fraction of sp³-hybridized carbons (Fsp3) is 0.400. The van der Waals surface area contributed by atoms with Crippen molar-refractivity contribution in [3.8, 4) is 5.75 Å². The second kappa shape index (κ2) is 4.77. The Hall–Kier alpha value is 0.656. The van der Waals surface area contributed by atoms with Gasteiger partial charge in [-0.15, -0.1) is 0 Å². The van der Waals surface area contributed by atoms with Gasteiger partial charge in [0.25, 0.3) is 0 Å². The van der Waals surface area contributed by atoms with Crippen LogP contribution in [0.1, 0.15) is 26.3 Å². The first-order chi connectivity index (χ1) is 5.02. The van der Waals surface area contributed by atoms with Crippen LogP contribution in [0.15, 0.2) is 24.3 Å². The molecular formula is C10H14KO. The van der Waals surface area contributed by atoms with E-state index in [1.165, 1.54) is 0 Å². The molecule has 1 rings (SSSR count). The zero-order valence-electron chi connectivity index (χ0n) is 8.26. The maximum absolute atomic E-state index is 9.45. The number of benzene rings is 1. The van der Waals surface area contributed by atoms with Crippen molar-refractivity contribution >= 4 is 51.4 Å². The molecule has 0 amide bonds. The van der Waals surface area contributed by atoms with E-state index in [0.717, 1.165) is 5.56 Å². The smallest absolute Gasteiger partial charge is 0.119 e. The van der Waals surface area contributed by atoms with Crippen molar-refractivity contribution in [2.75, 3.05) is 0 Å². The summed E-state index contributed by atoms with van der Waals surface area (Å²) in [6, 6.07) is 7.46. The van der Waals surface area contributed by atoms with Crippen molar-refractivity contribution in [1.29, 1.82) is 0 Å². The molecule has 0 heterocycles. The van der Waals surface area contributed by atoms with Crippen LogP contribution in [0.25, 0.3) is 0 Å². The molecule has 0 atom stereocenters. The molecule has 1 radical (unpaired) electrons. The molecule has 2 heteroatoms. The van der Waals surface area contributed by atoms with Crippen LogP contribution in [0.4, 0.5) is 0 Å². The van der Waals surface area contributed by atoms with Gasteiger partial charge in [0, 0.05) is 51.4 Å². The molecule has 0 unspecified atom stereocenters. The van der Waals surface area contributed by atoms with E-state index in [1.54, 1.807) is 6.07 Å². The molecule has 1 N–H and O–H groups in total. The van der Waals surface area contributed by atoms with Crippen molar-refractivity contribution < 1.29 is 5.11 Å². The summed E-state index contributed by atoms with van der Waals surface area (Å²) in [5.74, 6) is 0.389. The predicted molar refractivity (Wildman–Crippen MR) is 52.6 cm³/mol. The van der Waals surface area contributed by atoms with Crippen LogP contribution < -0.4 is 0 Å². The first kappa shape index (κ1) is 12.7. The maximum Gasteiger partial charge on any atom is 0.119 e. The van der Waals surface area contributed by atoms with Crippen molar-refractivity contribution in [3.63, 3.8) is 0 Å². The number of phenols is 1. The number of hydrogen-bond donors (Lipinski definition) is 1. The molecule has 1 aromatic carbocycles. The van der Waals surface area contributed by atoms with E-state index in [2.05, 4.69) is 20.8 Å². The van der Waals surface area contributed by atoms with Crippen LogP contribution in [0.5, 0.6) is 5.75 Å². The number of rotatable bonds is 0. The van der Waals surface area contributed by atoms with Crippen molar-refractivity contribution in [3.05, 3.63) is 29.8 Å². The molecule has 61 valence electrons. The monoisotopic (exact) mass is 189 g/mol. The number of aromatic hydroxyl groups is 1. The van der Waals surface area contributed by atoms with E-state index in [1.807, 2.05) is 18.2 Å². The van der Waals surface area contributed by atoms with Gasteiger partial charge in [-0.2, -0.15) is 0 Å². The molecule has 1 nitrogen and oxygen atoms in total. The Morgan fingerprint density at radius 3 is 1.92 bits per heavy atom. The molecule has 0 saturated carbocycles. The second-order valence-corrected chi connectivity index (χ2v) is 3.77. The Balaban J connectivity index is 0.00000121. The number of para-hydroxylation sites is 1. The van der Waals surface area contributed by atoms with E-state index in [9.17, 15) is 5.11 Å². The largest absolute Gasteiger partial charge is 0.508 e. The summed E-state index contributed by atoms with van der Waals surface area (Å²) in [4.78, 5) is 0. The first-order valence-corrected chi connectivity index (χ1v) is 3.80. The van der Waals surface area contributed by atoms with Gasteiger partial charge >= 0.3 is 0 Å². The Morgan fingerprint density at radius 1 is 1.08 bits per heavy atom. The maximum atomic E-state index is 9.45. The van der Waals surface area contributed by atoms with E-state index < -0.39 is 0 Å². The summed E-state index contributed by atoms with van der Waals surface area (Å²) in [7, 11) is 0. The minimum absolute atomic E-state index is 0. The summed E-state index contributed by atoms with van der Waals surface area (Å²) >= 11 is 0. The molecule has 0 aliphatic carbocycles. The Kier molecular flexibility index (Phi) is 5.03. The first-order valence-electron chi connectivity index (χ1n) is 3.80. The summed E-state index contributed by atoms with van der Waals surface area (Å²) in [5.41, 5.74) is 1.03. The van der Waals surface area contributed by atoms with Crippen LogP contribution >= 0.6 is 0 Å². The van der Waals surface area contributed by atoms with Crippen molar-refractivity contribution in [2.24, 2.45) is 0 Å². The fourth-order valence-corrected chi connectivity index (χ4v) is 1.11. The van der Waals surface area contributed by atoms with Gasteiger partial charge in [0.15, 0.2) is 0 Å². The van der Waals surface area contributed by atoms with Crippen LogP contribution in [-0.4, -0.2) is 56.5 Å². The molecule has 1 aromatic rings. The summed E-state index contributed by atoms with van der Waals surface area (Å²) in [6.07, 6.45) is 0. The van der Waals surface area contributed by atoms with Gasteiger partial charge in [-0.3, -0.25) is 0 Å². The minimum Gasteiger partial charge on any atom is -0.508 e. The van der Waals surface area contributed by atoms with Gasteiger partial charge in [0.1, 0.15) is 5.75 Å². The summed E-state index contributed by atoms with van der Waals surface area (Å²) < 4.78 is 0. The minimum atomic E-state index is 0. The SMILES string of the molecule is CC(C)(C)c1ccccc1O.[K]. The second-order valence-electron chi connectivity index (χ2n) is 3.77.